The Labute approximate surface area is 104 Å². The van der Waals surface area contributed by atoms with E-state index in [9.17, 15) is 14.0 Å². The van der Waals surface area contributed by atoms with Gasteiger partial charge >= 0.3 is 5.97 Å². The number of carbonyl (C=O) groups excluding carboxylic acids is 1. The molecule has 0 saturated carbocycles. The van der Waals surface area contributed by atoms with Gasteiger partial charge in [0.05, 0.1) is 6.61 Å². The first-order valence-corrected chi connectivity index (χ1v) is 5.24. The number of benzene rings is 1. The van der Waals surface area contributed by atoms with Crippen molar-refractivity contribution in [2.45, 2.75) is 13.0 Å². The minimum absolute atomic E-state index is 0.0786. The first-order valence-electron chi connectivity index (χ1n) is 5.24. The number of carboxylic acids is 1. The van der Waals surface area contributed by atoms with Crippen LogP contribution in [0.1, 0.15) is 15.9 Å². The molecule has 0 aromatic heterocycles. The number of carbonyl (C=O) groups is 2. The quantitative estimate of drug-likeness (QED) is 0.821. The standard InChI is InChI=1S/C12H14FNO4/c1-7-3-8(5-9(13)4-7)11(15)14-10(6-18-2)12(16)17/h3-5,10H,6H2,1-2H3,(H,14,15)(H,16,17). The summed E-state index contributed by atoms with van der Waals surface area (Å²) < 4.78 is 17.8. The molecule has 1 aromatic carbocycles. The molecule has 5 nitrogen and oxygen atoms in total. The Hall–Kier alpha value is -1.95. The van der Waals surface area contributed by atoms with Gasteiger partial charge in [-0.2, -0.15) is 0 Å². The molecule has 0 aliphatic heterocycles. The molecular formula is C12H14FNO4. The highest BCUT2D eigenvalue weighted by Crippen LogP contribution is 2.08. The number of carboxylic acid groups (broad SMARTS) is 1. The first-order chi connectivity index (χ1) is 8.43. The summed E-state index contributed by atoms with van der Waals surface area (Å²) in [5, 5.41) is 11.1. The van der Waals surface area contributed by atoms with E-state index in [1.807, 2.05) is 0 Å². The van der Waals surface area contributed by atoms with Crippen LogP contribution < -0.4 is 5.32 Å². The minimum Gasteiger partial charge on any atom is -0.480 e. The van der Waals surface area contributed by atoms with Crippen molar-refractivity contribution in [1.82, 2.24) is 5.32 Å². The molecule has 1 atom stereocenters. The predicted octanol–water partition coefficient (Wildman–Crippen LogP) is 0.964. The average Bonchev–Trinajstić information content (AvgIpc) is 2.26. The van der Waals surface area contributed by atoms with Crippen LogP contribution in [-0.4, -0.2) is 36.7 Å². The summed E-state index contributed by atoms with van der Waals surface area (Å²) in [7, 11) is 1.33. The number of hydrogen-bond acceptors (Lipinski definition) is 3. The highest BCUT2D eigenvalue weighted by Gasteiger charge is 2.20. The van der Waals surface area contributed by atoms with E-state index >= 15 is 0 Å². The van der Waals surface area contributed by atoms with E-state index in [2.05, 4.69) is 10.1 Å². The molecule has 0 aliphatic carbocycles. The predicted molar refractivity (Wildman–Crippen MR) is 61.9 cm³/mol. The third-order valence-electron chi connectivity index (χ3n) is 2.24. The summed E-state index contributed by atoms with van der Waals surface area (Å²) in [5.41, 5.74) is 0.661. The van der Waals surface area contributed by atoms with Gasteiger partial charge in [0.25, 0.3) is 5.91 Å². The molecule has 1 aromatic rings. The van der Waals surface area contributed by atoms with Gasteiger partial charge in [0.1, 0.15) is 5.82 Å². The van der Waals surface area contributed by atoms with E-state index in [1.54, 1.807) is 6.92 Å². The van der Waals surface area contributed by atoms with Crippen LogP contribution in [0.2, 0.25) is 0 Å². The molecule has 0 bridgehead atoms. The van der Waals surface area contributed by atoms with Crippen molar-refractivity contribution >= 4 is 11.9 Å². The fraction of sp³-hybridized carbons (Fsp3) is 0.333. The Morgan fingerprint density at radius 2 is 2.11 bits per heavy atom. The Morgan fingerprint density at radius 1 is 1.44 bits per heavy atom. The maximum Gasteiger partial charge on any atom is 0.328 e. The number of amides is 1. The zero-order valence-electron chi connectivity index (χ0n) is 10.1. The highest BCUT2D eigenvalue weighted by atomic mass is 19.1. The van der Waals surface area contributed by atoms with Gasteiger partial charge in [-0.3, -0.25) is 4.79 Å². The SMILES string of the molecule is COCC(NC(=O)c1cc(C)cc(F)c1)C(=O)O. The summed E-state index contributed by atoms with van der Waals surface area (Å²) in [6.45, 7) is 1.49. The largest absolute Gasteiger partial charge is 0.480 e. The van der Waals surface area contributed by atoms with Gasteiger partial charge < -0.3 is 15.2 Å². The Kier molecular flexibility index (Phi) is 4.79. The number of halogens is 1. The van der Waals surface area contributed by atoms with E-state index in [0.717, 1.165) is 6.07 Å². The fourth-order valence-electron chi connectivity index (χ4n) is 1.45. The van der Waals surface area contributed by atoms with Crippen molar-refractivity contribution in [1.29, 1.82) is 0 Å². The van der Waals surface area contributed by atoms with Gasteiger partial charge in [0.15, 0.2) is 6.04 Å². The van der Waals surface area contributed by atoms with E-state index < -0.39 is 23.7 Å². The molecule has 2 N–H and O–H groups in total. The zero-order chi connectivity index (χ0) is 13.7. The Bertz CT molecular complexity index is 441. The molecule has 1 amide bonds. The molecule has 18 heavy (non-hydrogen) atoms. The Balaban J connectivity index is 2.83. The lowest BCUT2D eigenvalue weighted by molar-refractivity contribution is -0.140. The number of rotatable bonds is 5. The number of methoxy groups -OCH3 is 1. The topological polar surface area (TPSA) is 75.6 Å². The molecule has 0 saturated heterocycles. The lowest BCUT2D eigenvalue weighted by Crippen LogP contribution is -2.43. The molecule has 0 heterocycles. The van der Waals surface area contributed by atoms with Gasteiger partial charge in [-0.25, -0.2) is 9.18 Å². The summed E-state index contributed by atoms with van der Waals surface area (Å²) in [5.74, 6) is -2.40. The maximum absolute atomic E-state index is 13.1. The summed E-state index contributed by atoms with van der Waals surface area (Å²) in [6.07, 6.45) is 0. The second-order valence-electron chi connectivity index (χ2n) is 3.84. The van der Waals surface area contributed by atoms with Crippen molar-refractivity contribution in [2.75, 3.05) is 13.7 Å². The van der Waals surface area contributed by atoms with Gasteiger partial charge in [-0.1, -0.05) is 0 Å². The molecule has 6 heteroatoms. The van der Waals surface area contributed by atoms with Crippen LogP contribution in [0, 0.1) is 12.7 Å². The van der Waals surface area contributed by atoms with Gasteiger partial charge in [0, 0.05) is 12.7 Å². The number of aliphatic carboxylic acids is 1. The van der Waals surface area contributed by atoms with Gasteiger partial charge in [-0.05, 0) is 30.7 Å². The molecule has 0 spiro atoms. The highest BCUT2D eigenvalue weighted by molar-refractivity contribution is 5.96. The smallest absolute Gasteiger partial charge is 0.328 e. The van der Waals surface area contributed by atoms with Crippen LogP contribution in [0.3, 0.4) is 0 Å². The van der Waals surface area contributed by atoms with E-state index in [-0.39, 0.29) is 12.2 Å². The van der Waals surface area contributed by atoms with Crippen LogP contribution in [0.25, 0.3) is 0 Å². The lowest BCUT2D eigenvalue weighted by Gasteiger charge is -2.13. The van der Waals surface area contributed by atoms with Crippen LogP contribution in [0.15, 0.2) is 18.2 Å². The van der Waals surface area contributed by atoms with E-state index in [4.69, 9.17) is 5.11 Å². The average molecular weight is 255 g/mol. The molecular weight excluding hydrogens is 241 g/mol. The third-order valence-corrected chi connectivity index (χ3v) is 2.24. The molecule has 0 radical (unpaired) electrons. The Morgan fingerprint density at radius 3 is 2.61 bits per heavy atom. The van der Waals surface area contributed by atoms with Crippen LogP contribution in [-0.2, 0) is 9.53 Å². The van der Waals surface area contributed by atoms with Crippen molar-refractivity contribution in [3.8, 4) is 0 Å². The zero-order valence-corrected chi connectivity index (χ0v) is 10.1. The van der Waals surface area contributed by atoms with Crippen molar-refractivity contribution < 1.29 is 23.8 Å². The summed E-state index contributed by atoms with van der Waals surface area (Å²) in [4.78, 5) is 22.6. The lowest BCUT2D eigenvalue weighted by atomic mass is 10.1. The second kappa shape index (κ2) is 6.11. The number of ether oxygens (including phenoxy) is 1. The van der Waals surface area contributed by atoms with Gasteiger partial charge in [-0.15, -0.1) is 0 Å². The molecule has 1 rings (SSSR count). The van der Waals surface area contributed by atoms with Crippen LogP contribution in [0.4, 0.5) is 4.39 Å². The first kappa shape index (κ1) is 14.1. The van der Waals surface area contributed by atoms with Crippen molar-refractivity contribution in [2.24, 2.45) is 0 Å². The summed E-state index contributed by atoms with van der Waals surface area (Å²) >= 11 is 0. The maximum atomic E-state index is 13.1. The van der Waals surface area contributed by atoms with Crippen molar-refractivity contribution in [3.05, 3.63) is 35.1 Å². The monoisotopic (exact) mass is 255 g/mol. The summed E-state index contributed by atoms with van der Waals surface area (Å²) in [6, 6.07) is 2.64. The molecule has 98 valence electrons. The van der Waals surface area contributed by atoms with Crippen LogP contribution >= 0.6 is 0 Å². The second-order valence-corrected chi connectivity index (χ2v) is 3.84. The normalized spacial score (nSPS) is 11.9. The molecule has 1 unspecified atom stereocenters. The fourth-order valence-corrected chi connectivity index (χ4v) is 1.45. The number of nitrogens with one attached hydrogen (secondary N) is 1. The van der Waals surface area contributed by atoms with Crippen LogP contribution in [0.5, 0.6) is 0 Å². The number of aryl methyl sites for hydroxylation is 1. The van der Waals surface area contributed by atoms with Gasteiger partial charge in [0.2, 0.25) is 0 Å². The van der Waals surface area contributed by atoms with E-state index in [0.29, 0.717) is 5.56 Å². The van der Waals surface area contributed by atoms with E-state index in [1.165, 1.54) is 19.2 Å². The molecule has 0 fully saturated rings. The van der Waals surface area contributed by atoms with Crippen molar-refractivity contribution in [3.63, 3.8) is 0 Å². The number of hydrogen-bond donors (Lipinski definition) is 2. The minimum atomic E-state index is -1.21. The molecule has 0 aliphatic rings. The third kappa shape index (κ3) is 3.81.